The SMILES string of the molecule is Oc1cccc(/C=N\n2c(-c3n[nH]c4c3CCC4)n[nH]c2=S)c1. The van der Waals surface area contributed by atoms with Crippen molar-refractivity contribution >= 4 is 18.4 Å². The quantitative estimate of drug-likeness (QED) is 0.509. The topological polar surface area (TPSA) is 94.9 Å². The highest BCUT2D eigenvalue weighted by molar-refractivity contribution is 7.71. The third kappa shape index (κ3) is 2.46. The summed E-state index contributed by atoms with van der Waals surface area (Å²) in [6.07, 6.45) is 4.74. The fraction of sp³-hybridized carbons (Fsp3) is 0.200. The van der Waals surface area contributed by atoms with Gasteiger partial charge >= 0.3 is 0 Å². The van der Waals surface area contributed by atoms with Crippen LogP contribution in [0.2, 0.25) is 0 Å². The van der Waals surface area contributed by atoms with E-state index in [2.05, 4.69) is 25.5 Å². The van der Waals surface area contributed by atoms with Gasteiger partial charge in [-0.2, -0.15) is 20.0 Å². The summed E-state index contributed by atoms with van der Waals surface area (Å²) in [6.45, 7) is 0. The van der Waals surface area contributed by atoms with Gasteiger partial charge in [0, 0.05) is 11.3 Å². The number of rotatable bonds is 3. The Morgan fingerprint density at radius 1 is 1.26 bits per heavy atom. The van der Waals surface area contributed by atoms with Gasteiger partial charge in [-0.1, -0.05) is 12.1 Å². The molecule has 23 heavy (non-hydrogen) atoms. The molecule has 1 aromatic carbocycles. The molecule has 0 atom stereocenters. The Kier molecular flexibility index (Phi) is 3.30. The van der Waals surface area contributed by atoms with Crippen LogP contribution < -0.4 is 0 Å². The zero-order valence-corrected chi connectivity index (χ0v) is 13.0. The highest BCUT2D eigenvalue weighted by Gasteiger charge is 2.23. The zero-order chi connectivity index (χ0) is 15.8. The van der Waals surface area contributed by atoms with E-state index in [1.54, 1.807) is 29.1 Å². The van der Waals surface area contributed by atoms with Crippen molar-refractivity contribution < 1.29 is 5.11 Å². The van der Waals surface area contributed by atoms with Crippen LogP contribution in [0.15, 0.2) is 29.4 Å². The molecule has 2 heterocycles. The molecule has 4 rings (SSSR count). The predicted molar refractivity (Wildman–Crippen MR) is 88.1 cm³/mol. The summed E-state index contributed by atoms with van der Waals surface area (Å²) in [5.74, 6) is 0.779. The molecular formula is C15H14N6OS. The number of aromatic hydroxyl groups is 1. The summed E-state index contributed by atoms with van der Waals surface area (Å²) in [5, 5.41) is 28.4. The minimum Gasteiger partial charge on any atom is -0.508 e. The lowest BCUT2D eigenvalue weighted by atomic mass is 10.2. The van der Waals surface area contributed by atoms with Crippen LogP contribution in [0.1, 0.15) is 23.2 Å². The lowest BCUT2D eigenvalue weighted by molar-refractivity contribution is 0.475. The van der Waals surface area contributed by atoms with E-state index in [0.717, 1.165) is 36.2 Å². The van der Waals surface area contributed by atoms with Crippen LogP contribution in [-0.4, -0.2) is 36.4 Å². The molecule has 0 unspecified atom stereocenters. The van der Waals surface area contributed by atoms with Crippen LogP contribution in [0.4, 0.5) is 0 Å². The van der Waals surface area contributed by atoms with E-state index in [1.807, 2.05) is 6.07 Å². The molecule has 1 aliphatic carbocycles. The van der Waals surface area contributed by atoms with E-state index < -0.39 is 0 Å². The summed E-state index contributed by atoms with van der Waals surface area (Å²) in [6, 6.07) is 6.84. The molecule has 0 saturated carbocycles. The van der Waals surface area contributed by atoms with E-state index in [1.165, 1.54) is 5.56 Å². The Labute approximate surface area is 136 Å². The molecule has 0 amide bonds. The fourth-order valence-corrected chi connectivity index (χ4v) is 2.97. The summed E-state index contributed by atoms with van der Waals surface area (Å²) in [4.78, 5) is 0. The van der Waals surface area contributed by atoms with Crippen molar-refractivity contribution in [2.45, 2.75) is 19.3 Å². The van der Waals surface area contributed by atoms with Gasteiger partial charge in [0.15, 0.2) is 0 Å². The Bertz CT molecular complexity index is 951. The van der Waals surface area contributed by atoms with Crippen LogP contribution in [0.5, 0.6) is 5.75 Å². The minimum absolute atomic E-state index is 0.190. The van der Waals surface area contributed by atoms with Crippen molar-refractivity contribution in [2.75, 3.05) is 0 Å². The third-order valence-electron chi connectivity index (χ3n) is 3.86. The van der Waals surface area contributed by atoms with Crippen molar-refractivity contribution in [3.8, 4) is 17.3 Å². The van der Waals surface area contributed by atoms with Crippen molar-refractivity contribution in [2.24, 2.45) is 5.10 Å². The molecule has 0 bridgehead atoms. The zero-order valence-electron chi connectivity index (χ0n) is 12.2. The number of aromatic nitrogens is 5. The molecule has 0 radical (unpaired) electrons. The number of aryl methyl sites for hydroxylation is 1. The number of phenols is 1. The van der Waals surface area contributed by atoms with E-state index in [0.29, 0.717) is 10.6 Å². The first-order valence-corrected chi connectivity index (χ1v) is 7.70. The maximum atomic E-state index is 9.51. The first-order chi connectivity index (χ1) is 11.2. The second-order valence-electron chi connectivity index (χ2n) is 5.39. The van der Waals surface area contributed by atoms with Crippen molar-refractivity contribution in [1.82, 2.24) is 25.1 Å². The second kappa shape index (κ2) is 5.47. The number of nitrogens with one attached hydrogen (secondary N) is 2. The lowest BCUT2D eigenvalue weighted by Gasteiger charge is -2.00. The van der Waals surface area contributed by atoms with Crippen LogP contribution in [-0.2, 0) is 12.8 Å². The van der Waals surface area contributed by atoms with Gasteiger partial charge in [0.1, 0.15) is 11.4 Å². The van der Waals surface area contributed by atoms with E-state index in [4.69, 9.17) is 12.2 Å². The number of aromatic amines is 2. The van der Waals surface area contributed by atoms with Gasteiger partial charge in [-0.25, -0.2) is 5.10 Å². The number of H-pyrrole nitrogens is 2. The molecule has 0 spiro atoms. The molecule has 0 fully saturated rings. The van der Waals surface area contributed by atoms with Crippen molar-refractivity contribution in [3.05, 3.63) is 45.9 Å². The fourth-order valence-electron chi connectivity index (χ4n) is 2.79. The average Bonchev–Trinajstić information content (AvgIpc) is 3.21. The number of fused-ring (bicyclic) bond motifs is 1. The molecule has 1 aliphatic rings. The summed E-state index contributed by atoms with van der Waals surface area (Å²) in [5.41, 5.74) is 3.91. The maximum Gasteiger partial charge on any atom is 0.216 e. The maximum absolute atomic E-state index is 9.51. The molecule has 116 valence electrons. The molecule has 0 saturated heterocycles. The van der Waals surface area contributed by atoms with E-state index in [9.17, 15) is 5.11 Å². The number of hydrogen-bond acceptors (Lipinski definition) is 5. The summed E-state index contributed by atoms with van der Waals surface area (Å²) >= 11 is 5.26. The monoisotopic (exact) mass is 326 g/mol. The smallest absolute Gasteiger partial charge is 0.216 e. The average molecular weight is 326 g/mol. The molecule has 2 aromatic heterocycles. The molecule has 3 N–H and O–H groups in total. The third-order valence-corrected chi connectivity index (χ3v) is 4.13. The molecule has 3 aromatic rings. The van der Waals surface area contributed by atoms with Gasteiger partial charge in [0.05, 0.1) is 6.21 Å². The van der Waals surface area contributed by atoms with Crippen molar-refractivity contribution in [1.29, 1.82) is 0 Å². The number of hydrogen-bond donors (Lipinski definition) is 3. The van der Waals surface area contributed by atoms with Gasteiger partial charge in [-0.05, 0) is 49.2 Å². The summed E-state index contributed by atoms with van der Waals surface area (Å²) < 4.78 is 1.94. The van der Waals surface area contributed by atoms with Crippen LogP contribution >= 0.6 is 12.2 Å². The van der Waals surface area contributed by atoms with E-state index >= 15 is 0 Å². The lowest BCUT2D eigenvalue weighted by Crippen LogP contribution is -1.97. The first kappa shape index (κ1) is 13.9. The standard InChI is InChI=1S/C15H14N6OS/c22-10-4-1-3-9(7-10)8-16-21-14(19-20-15(21)23)13-11-5-2-6-12(11)17-18-13/h1,3-4,7-8,22H,2,5-6H2,(H,17,18)(H,20,23)/b16-8-. The Hall–Kier alpha value is -2.74. The second-order valence-corrected chi connectivity index (χ2v) is 5.77. The number of phenolic OH excluding ortho intramolecular Hbond substituents is 1. The normalized spacial score (nSPS) is 13.7. The highest BCUT2D eigenvalue weighted by Crippen LogP contribution is 2.29. The number of benzene rings is 1. The van der Waals surface area contributed by atoms with Crippen molar-refractivity contribution in [3.63, 3.8) is 0 Å². The minimum atomic E-state index is 0.190. The Morgan fingerprint density at radius 2 is 2.17 bits per heavy atom. The highest BCUT2D eigenvalue weighted by atomic mass is 32.1. The van der Waals surface area contributed by atoms with E-state index in [-0.39, 0.29) is 5.75 Å². The van der Waals surface area contributed by atoms with Gasteiger partial charge in [-0.3, -0.25) is 5.10 Å². The Morgan fingerprint density at radius 3 is 3.04 bits per heavy atom. The van der Waals surface area contributed by atoms with Crippen LogP contribution in [0, 0.1) is 4.77 Å². The van der Waals surface area contributed by atoms with Gasteiger partial charge in [0.25, 0.3) is 0 Å². The molecular weight excluding hydrogens is 312 g/mol. The predicted octanol–water partition coefficient (Wildman–Crippen LogP) is 2.41. The molecule has 7 nitrogen and oxygen atoms in total. The molecule has 0 aliphatic heterocycles. The van der Waals surface area contributed by atoms with Gasteiger partial charge < -0.3 is 5.11 Å². The largest absolute Gasteiger partial charge is 0.508 e. The Balaban J connectivity index is 1.75. The van der Waals surface area contributed by atoms with Crippen LogP contribution in [0.3, 0.4) is 0 Å². The summed E-state index contributed by atoms with van der Waals surface area (Å²) in [7, 11) is 0. The van der Waals surface area contributed by atoms with Gasteiger partial charge in [0.2, 0.25) is 10.6 Å². The molecule has 8 heteroatoms. The van der Waals surface area contributed by atoms with Crippen LogP contribution in [0.25, 0.3) is 11.5 Å². The first-order valence-electron chi connectivity index (χ1n) is 7.29. The number of nitrogens with zero attached hydrogens (tertiary/aromatic N) is 4. The van der Waals surface area contributed by atoms with Gasteiger partial charge in [-0.15, -0.1) is 0 Å².